The number of carbonyl (C=O) groups excluding carboxylic acids is 6. The predicted molar refractivity (Wildman–Crippen MR) is 208 cm³/mol. The lowest BCUT2D eigenvalue weighted by molar-refractivity contribution is -0.433. The zero-order valence-corrected chi connectivity index (χ0v) is 34.3. The van der Waals surface area contributed by atoms with Gasteiger partial charge in [0, 0.05) is 44.3 Å². The van der Waals surface area contributed by atoms with Crippen molar-refractivity contribution in [2.24, 2.45) is 17.6 Å². The highest BCUT2D eigenvalue weighted by Gasteiger charge is 2.49. The Bertz CT molecular complexity index is 1730. The van der Waals surface area contributed by atoms with Crippen molar-refractivity contribution in [2.75, 3.05) is 26.2 Å². The second-order valence-corrected chi connectivity index (χ2v) is 16.0. The lowest BCUT2D eigenvalue weighted by Crippen LogP contribution is -2.64. The number of rotatable bonds is 11. The average Bonchev–Trinajstić information content (AvgIpc) is 3.75. The van der Waals surface area contributed by atoms with Crippen molar-refractivity contribution in [3.63, 3.8) is 0 Å². The summed E-state index contributed by atoms with van der Waals surface area (Å²) >= 11 is 0.0992. The monoisotopic (exact) mass is 889 g/mol. The molecule has 342 valence electrons. The topological polar surface area (TPSA) is 373 Å². The van der Waals surface area contributed by atoms with E-state index in [1.165, 1.54) is 26.0 Å². The maximum atomic E-state index is 14.3. The van der Waals surface area contributed by atoms with Gasteiger partial charge in [0.05, 0.1) is 36.6 Å². The van der Waals surface area contributed by atoms with Crippen LogP contribution in [-0.4, -0.2) is 179 Å². The molecule has 24 nitrogen and oxygen atoms in total. The van der Waals surface area contributed by atoms with E-state index in [1.807, 2.05) is 0 Å². The fourth-order valence-electron chi connectivity index (χ4n) is 7.48. The largest absolute Gasteiger partial charge is 0.504 e. The number of phenols is 1. The molecule has 13 atom stereocenters. The van der Waals surface area contributed by atoms with Crippen LogP contribution in [0.4, 0.5) is 0 Å². The minimum absolute atomic E-state index is 0.0992. The van der Waals surface area contributed by atoms with Gasteiger partial charge in [0.1, 0.15) is 30.2 Å². The van der Waals surface area contributed by atoms with Crippen LogP contribution in [-0.2, 0) is 44.6 Å². The number of β-amino-alcohol motifs (C(OH)–C–C–N with tert-alkyl or cyclic N) is 1. The quantitative estimate of drug-likeness (QED) is 0.0428. The molecule has 61 heavy (non-hydrogen) atoms. The molecular weight excluding hydrogens is 834 g/mol. The zero-order chi connectivity index (χ0) is 45.3. The highest BCUT2D eigenvalue weighted by atomic mass is 32.2. The van der Waals surface area contributed by atoms with Gasteiger partial charge >= 0.3 is 0 Å². The van der Waals surface area contributed by atoms with Crippen LogP contribution in [0.15, 0.2) is 18.2 Å². The smallest absolute Gasteiger partial charge is 0.261 e. The molecule has 0 spiro atoms. The Balaban J connectivity index is 1.79. The van der Waals surface area contributed by atoms with Crippen molar-refractivity contribution in [3.05, 3.63) is 23.8 Å². The Kier molecular flexibility index (Phi) is 17.8. The number of fused-ring (bicyclic) bond motifs is 2. The highest BCUT2D eigenvalue weighted by Crippen LogP contribution is 2.31. The van der Waals surface area contributed by atoms with Crippen LogP contribution >= 0.6 is 12.3 Å². The molecule has 0 saturated carbocycles. The summed E-state index contributed by atoms with van der Waals surface area (Å²) < 4.78 is 9.23. The van der Waals surface area contributed by atoms with Crippen molar-refractivity contribution in [2.45, 2.75) is 113 Å². The minimum Gasteiger partial charge on any atom is -0.504 e. The van der Waals surface area contributed by atoms with Crippen LogP contribution < -0.4 is 31.2 Å². The van der Waals surface area contributed by atoms with E-state index in [9.17, 15) is 64.5 Å². The first-order chi connectivity index (χ1) is 28.8. The van der Waals surface area contributed by atoms with Gasteiger partial charge in [-0.3, -0.25) is 28.8 Å². The number of amides is 6. The SMILES string of the molecule is CC1C[C@@H](O)CNC(=O)[C@@H]2[C@@H](O)[C@@H](C)CN2C(=O)[C@H]([C@H](O)CCN)NC(=O)[C@H]([C@H](O)Cc2ccc(O)c(OSOOO)c2)NC(=O)[C@@H]2C[C@@H](O)CN2C(=O)[C@H]([C@@H](C)O)NC1=O. The van der Waals surface area contributed by atoms with E-state index >= 15 is 0 Å². The molecule has 0 aromatic heterocycles. The van der Waals surface area contributed by atoms with Gasteiger partial charge in [-0.15, -0.1) is 0 Å². The number of carbonyl (C=O) groups is 6. The van der Waals surface area contributed by atoms with Gasteiger partial charge in [0.15, 0.2) is 11.5 Å². The van der Waals surface area contributed by atoms with Crippen LogP contribution in [0, 0.1) is 11.8 Å². The third-order valence-corrected chi connectivity index (χ3v) is 11.2. The van der Waals surface area contributed by atoms with E-state index in [0.717, 1.165) is 15.9 Å². The molecule has 3 heterocycles. The van der Waals surface area contributed by atoms with E-state index in [0.29, 0.717) is 0 Å². The van der Waals surface area contributed by atoms with E-state index in [1.54, 1.807) is 6.92 Å². The number of hydrogen-bond acceptors (Lipinski definition) is 19. The molecule has 14 N–H and O–H groups in total. The summed E-state index contributed by atoms with van der Waals surface area (Å²) in [5, 5.41) is 97.7. The summed E-state index contributed by atoms with van der Waals surface area (Å²) in [5.74, 6) is -8.55. The molecule has 3 aliphatic rings. The number of benzene rings is 1. The normalized spacial score (nSPS) is 31.5. The summed E-state index contributed by atoms with van der Waals surface area (Å²) in [6.45, 7) is 2.81. The van der Waals surface area contributed by atoms with E-state index in [-0.39, 0.29) is 49.6 Å². The van der Waals surface area contributed by atoms with Gasteiger partial charge in [0.2, 0.25) is 35.4 Å². The van der Waals surface area contributed by atoms with Crippen molar-refractivity contribution in [1.29, 1.82) is 0 Å². The standard InChI is InChI=1S/C36H55N7O17S/c1-15-8-19(45)12-38-34(54)29-30(50)16(2)13-43(29)36(56)28(23(48)6-7-37)41-33(53)27(24(49)9-18-4-5-22(47)25(10-18)58-61-60-59-57)40-32(52)21-11-20(46)14-42(21)35(55)26(17(3)44)39-31(15)51/h4-5,10,15-17,19-21,23-24,26-30,44-50,57H,6-9,11-14,37H2,1-3H3,(H,38,54)(H,39,51)(H,40,52)(H,41,53)/t15?,16-,17+,19+,20+,21-,23+,24+,26-,27-,28-,29-,30-/m0/s1. The van der Waals surface area contributed by atoms with E-state index in [2.05, 4.69) is 30.6 Å². The highest BCUT2D eigenvalue weighted by molar-refractivity contribution is 7.90. The summed E-state index contributed by atoms with van der Waals surface area (Å²) in [6, 6.07) is -5.08. The van der Waals surface area contributed by atoms with E-state index in [4.69, 9.17) is 15.2 Å². The number of hydrogen-bond donors (Lipinski definition) is 13. The molecule has 0 bridgehead atoms. The van der Waals surface area contributed by atoms with Gasteiger partial charge in [0.25, 0.3) is 12.3 Å². The first-order valence-corrected chi connectivity index (χ1v) is 20.2. The number of nitrogens with two attached hydrogens (primary N) is 1. The number of aliphatic hydroxyl groups is 6. The molecule has 25 heteroatoms. The fraction of sp³-hybridized carbons (Fsp3) is 0.667. The molecule has 1 aromatic carbocycles. The molecule has 1 unspecified atom stereocenters. The van der Waals surface area contributed by atoms with Crippen molar-refractivity contribution in [3.8, 4) is 11.5 Å². The molecule has 3 fully saturated rings. The number of aromatic hydroxyl groups is 1. The first kappa shape index (κ1) is 49.2. The molecule has 1 aromatic rings. The third-order valence-electron chi connectivity index (χ3n) is 10.8. The number of nitrogens with one attached hydrogen (secondary N) is 4. The second kappa shape index (κ2) is 22.1. The van der Waals surface area contributed by atoms with Gasteiger partial charge in [-0.05, 0) is 44.0 Å². The Labute approximate surface area is 353 Å². The Morgan fingerprint density at radius 2 is 1.49 bits per heavy atom. The summed E-state index contributed by atoms with van der Waals surface area (Å²) in [5.41, 5.74) is 5.86. The number of nitrogens with zero attached hydrogens (tertiary/aromatic N) is 2. The molecule has 0 aliphatic carbocycles. The van der Waals surface area contributed by atoms with Crippen LogP contribution in [0.2, 0.25) is 0 Å². The van der Waals surface area contributed by atoms with Gasteiger partial charge < -0.3 is 76.7 Å². The number of phenolic OH excluding ortho intramolecular Hbond substituents is 1. The van der Waals surface area contributed by atoms with E-state index < -0.39 is 146 Å². The summed E-state index contributed by atoms with van der Waals surface area (Å²) in [6.07, 6.45) is -10.7. The van der Waals surface area contributed by atoms with Gasteiger partial charge in [-0.2, -0.15) is 0 Å². The van der Waals surface area contributed by atoms with Crippen LogP contribution in [0.5, 0.6) is 11.5 Å². The van der Waals surface area contributed by atoms with Crippen molar-refractivity contribution >= 4 is 47.8 Å². The molecule has 3 saturated heterocycles. The van der Waals surface area contributed by atoms with Gasteiger partial charge in [-0.25, -0.2) is 5.26 Å². The zero-order valence-electron chi connectivity index (χ0n) is 33.5. The molecule has 0 radical (unpaired) electrons. The first-order valence-electron chi connectivity index (χ1n) is 19.5. The fourth-order valence-corrected chi connectivity index (χ4v) is 7.74. The molecule has 6 amide bonds. The molecule has 3 aliphatic heterocycles. The lowest BCUT2D eigenvalue weighted by atomic mass is 9.98. The summed E-state index contributed by atoms with van der Waals surface area (Å²) in [7, 11) is 0. The Morgan fingerprint density at radius 3 is 2.15 bits per heavy atom. The van der Waals surface area contributed by atoms with Crippen LogP contribution in [0.1, 0.15) is 45.6 Å². The van der Waals surface area contributed by atoms with Crippen LogP contribution in [0.3, 0.4) is 0 Å². The molecule has 4 rings (SSSR count). The maximum Gasteiger partial charge on any atom is 0.261 e. The third kappa shape index (κ3) is 12.4. The maximum absolute atomic E-state index is 14.3. The minimum atomic E-state index is -2.02. The lowest BCUT2D eigenvalue weighted by Gasteiger charge is -2.34. The van der Waals surface area contributed by atoms with Crippen molar-refractivity contribution < 1.29 is 83.3 Å². The Hall–Kier alpha value is -4.41. The average molecular weight is 890 g/mol. The van der Waals surface area contributed by atoms with Crippen LogP contribution in [0.25, 0.3) is 0 Å². The second-order valence-electron chi connectivity index (χ2n) is 15.5. The molecular formula is C36H55N7O17S. The number of aliphatic hydroxyl groups excluding tert-OH is 6. The van der Waals surface area contributed by atoms with Crippen molar-refractivity contribution in [1.82, 2.24) is 31.1 Å². The predicted octanol–water partition coefficient (Wildman–Crippen LogP) is -5.11. The Morgan fingerprint density at radius 1 is 0.836 bits per heavy atom. The summed E-state index contributed by atoms with van der Waals surface area (Å²) in [4.78, 5) is 85.4. The van der Waals surface area contributed by atoms with Gasteiger partial charge in [-0.1, -0.05) is 29.3 Å².